The summed E-state index contributed by atoms with van der Waals surface area (Å²) in [6, 6.07) is 12.5. The van der Waals surface area contributed by atoms with Gasteiger partial charge in [0.2, 0.25) is 0 Å². The molecule has 0 saturated carbocycles. The SMILES string of the molecule is Cc1cn([C@H]2C[C@@H](O)C(COP(=O)(N[C@@H](C)C(=O)OCc3ccccc3)Oc3ccc(F)cc3)O2)c(=O)[nH]c1=O. The van der Waals surface area contributed by atoms with E-state index in [2.05, 4.69) is 10.1 Å². The van der Waals surface area contributed by atoms with Crippen molar-refractivity contribution in [1.82, 2.24) is 14.6 Å². The maximum atomic E-state index is 13.7. The third kappa shape index (κ3) is 7.52. The molecule has 5 atom stereocenters. The number of benzene rings is 2. The number of aliphatic hydroxyl groups excluding tert-OH is 1. The lowest BCUT2D eigenvalue weighted by Gasteiger charge is -2.24. The van der Waals surface area contributed by atoms with Crippen LogP contribution in [0.25, 0.3) is 0 Å². The number of aryl methyl sites for hydroxylation is 1. The maximum absolute atomic E-state index is 13.7. The van der Waals surface area contributed by atoms with Crippen molar-refractivity contribution in [1.29, 1.82) is 0 Å². The molecular formula is C26H29FN3O9P. The zero-order valence-corrected chi connectivity index (χ0v) is 22.6. The van der Waals surface area contributed by atoms with Crippen molar-refractivity contribution in [2.24, 2.45) is 0 Å². The summed E-state index contributed by atoms with van der Waals surface area (Å²) in [6.45, 7) is 2.44. The average Bonchev–Trinajstić information content (AvgIpc) is 3.30. The molecule has 0 aliphatic carbocycles. The molecule has 0 amide bonds. The Bertz CT molecular complexity index is 1480. The molecular weight excluding hydrogens is 548 g/mol. The number of aromatic amines is 1. The highest BCUT2D eigenvalue weighted by Gasteiger charge is 2.39. The van der Waals surface area contributed by atoms with E-state index in [1.165, 1.54) is 32.2 Å². The lowest BCUT2D eigenvalue weighted by Crippen LogP contribution is -2.36. The number of halogens is 1. The van der Waals surface area contributed by atoms with Crippen LogP contribution in [0, 0.1) is 12.7 Å². The van der Waals surface area contributed by atoms with Crippen LogP contribution >= 0.6 is 7.75 Å². The first kappa shape index (κ1) is 29.4. The standard InChI is InChI=1S/C26H29FN3O9P/c1-16-13-30(26(34)28-24(16)32)23-12-21(31)22(38-23)15-37-40(35,39-20-10-8-19(27)9-11-20)29-17(2)25(33)36-14-18-6-4-3-5-7-18/h3-11,13,17,21-23,31H,12,14-15H2,1-2H3,(H,29,35)(H,28,32,34)/t17-,21+,22?,23+,40?/m0/s1. The fourth-order valence-electron chi connectivity index (χ4n) is 3.88. The van der Waals surface area contributed by atoms with Crippen molar-refractivity contribution in [3.8, 4) is 5.75 Å². The number of H-pyrrole nitrogens is 1. The molecule has 0 spiro atoms. The first-order chi connectivity index (χ1) is 19.0. The second-order valence-corrected chi connectivity index (χ2v) is 10.9. The zero-order valence-electron chi connectivity index (χ0n) is 21.7. The molecule has 1 saturated heterocycles. The summed E-state index contributed by atoms with van der Waals surface area (Å²) in [5.74, 6) is -1.29. The van der Waals surface area contributed by atoms with Crippen molar-refractivity contribution in [3.63, 3.8) is 0 Å². The number of aromatic nitrogens is 2. The second kappa shape index (κ2) is 12.7. The average molecular weight is 578 g/mol. The van der Waals surface area contributed by atoms with Crippen LogP contribution in [-0.4, -0.2) is 45.5 Å². The van der Waals surface area contributed by atoms with Crippen LogP contribution in [0.15, 0.2) is 70.4 Å². The fraction of sp³-hybridized carbons (Fsp3) is 0.346. The zero-order chi connectivity index (χ0) is 28.9. The van der Waals surface area contributed by atoms with Crippen molar-refractivity contribution in [2.75, 3.05) is 6.61 Å². The Morgan fingerprint density at radius 3 is 2.62 bits per heavy atom. The summed E-state index contributed by atoms with van der Waals surface area (Å²) >= 11 is 0. The van der Waals surface area contributed by atoms with Gasteiger partial charge in [-0.3, -0.25) is 23.7 Å². The lowest BCUT2D eigenvalue weighted by atomic mass is 10.2. The van der Waals surface area contributed by atoms with Crippen LogP contribution < -0.4 is 20.9 Å². The molecule has 12 nitrogen and oxygen atoms in total. The molecule has 2 unspecified atom stereocenters. The molecule has 3 N–H and O–H groups in total. The van der Waals surface area contributed by atoms with Gasteiger partial charge in [-0.2, -0.15) is 5.09 Å². The van der Waals surface area contributed by atoms with Crippen LogP contribution in [0.3, 0.4) is 0 Å². The highest BCUT2D eigenvalue weighted by Crippen LogP contribution is 2.46. The topological polar surface area (TPSA) is 158 Å². The van der Waals surface area contributed by atoms with Gasteiger partial charge in [0.05, 0.1) is 12.7 Å². The Hall–Kier alpha value is -3.61. The predicted octanol–water partition coefficient (Wildman–Crippen LogP) is 2.56. The van der Waals surface area contributed by atoms with Crippen LogP contribution in [0.4, 0.5) is 4.39 Å². The van der Waals surface area contributed by atoms with E-state index < -0.39 is 61.9 Å². The number of nitrogens with zero attached hydrogens (tertiary/aromatic N) is 1. The Kier molecular flexibility index (Phi) is 9.33. The number of rotatable bonds is 11. The highest BCUT2D eigenvalue weighted by molar-refractivity contribution is 7.52. The summed E-state index contributed by atoms with van der Waals surface area (Å²) in [5.41, 5.74) is -0.235. The molecule has 2 aromatic carbocycles. The fourth-order valence-corrected chi connectivity index (χ4v) is 5.38. The molecule has 40 heavy (non-hydrogen) atoms. The van der Waals surface area contributed by atoms with Crippen molar-refractivity contribution in [2.45, 2.75) is 51.4 Å². The van der Waals surface area contributed by atoms with Gasteiger partial charge in [-0.05, 0) is 43.7 Å². The second-order valence-electron chi connectivity index (χ2n) is 9.19. The van der Waals surface area contributed by atoms with Gasteiger partial charge in [0.1, 0.15) is 36.5 Å². The number of carbonyl (C=O) groups excluding carboxylic acids is 1. The number of hydrogen-bond donors (Lipinski definition) is 3. The number of carbonyl (C=O) groups is 1. The van der Waals surface area contributed by atoms with E-state index in [0.717, 1.165) is 22.3 Å². The molecule has 1 fully saturated rings. The molecule has 1 aromatic heterocycles. The van der Waals surface area contributed by atoms with Crippen LogP contribution in [-0.2, 0) is 30.0 Å². The molecule has 0 bridgehead atoms. The van der Waals surface area contributed by atoms with Gasteiger partial charge in [0.15, 0.2) is 0 Å². The van der Waals surface area contributed by atoms with Gasteiger partial charge in [0, 0.05) is 18.2 Å². The van der Waals surface area contributed by atoms with Crippen molar-refractivity contribution >= 4 is 13.7 Å². The number of ether oxygens (including phenoxy) is 2. The minimum Gasteiger partial charge on any atom is -0.460 e. The largest absolute Gasteiger partial charge is 0.460 e. The number of nitrogens with one attached hydrogen (secondary N) is 2. The van der Waals surface area contributed by atoms with Gasteiger partial charge in [0.25, 0.3) is 5.56 Å². The molecule has 214 valence electrons. The molecule has 3 aromatic rings. The predicted molar refractivity (Wildman–Crippen MR) is 140 cm³/mol. The lowest BCUT2D eigenvalue weighted by molar-refractivity contribution is -0.146. The molecule has 14 heteroatoms. The third-order valence-corrected chi connectivity index (χ3v) is 7.68. The first-order valence-corrected chi connectivity index (χ1v) is 13.9. The first-order valence-electron chi connectivity index (χ1n) is 12.4. The normalized spacial score (nSPS) is 20.9. The van der Waals surface area contributed by atoms with Gasteiger partial charge in [-0.15, -0.1) is 0 Å². The smallest absolute Gasteiger partial charge is 0.459 e. The van der Waals surface area contributed by atoms with Crippen molar-refractivity contribution in [3.05, 3.63) is 98.6 Å². The van der Waals surface area contributed by atoms with Gasteiger partial charge in [-0.1, -0.05) is 30.3 Å². The Morgan fingerprint density at radius 1 is 1.23 bits per heavy atom. The van der Waals surface area contributed by atoms with E-state index in [9.17, 15) is 28.4 Å². The molecule has 1 aliphatic heterocycles. The summed E-state index contributed by atoms with van der Waals surface area (Å²) in [4.78, 5) is 38.7. The third-order valence-electron chi connectivity index (χ3n) is 6.04. The summed E-state index contributed by atoms with van der Waals surface area (Å²) < 4.78 is 50.3. The van der Waals surface area contributed by atoms with E-state index in [0.29, 0.717) is 0 Å². The Morgan fingerprint density at radius 2 is 1.93 bits per heavy atom. The molecule has 4 rings (SSSR count). The summed E-state index contributed by atoms with van der Waals surface area (Å²) in [7, 11) is -4.34. The Labute approximate surface area is 228 Å². The van der Waals surface area contributed by atoms with E-state index in [4.69, 9.17) is 18.5 Å². The van der Waals surface area contributed by atoms with Crippen LogP contribution in [0.1, 0.15) is 30.7 Å². The van der Waals surface area contributed by atoms with E-state index in [1.807, 2.05) is 6.07 Å². The minimum atomic E-state index is -4.34. The summed E-state index contributed by atoms with van der Waals surface area (Å²) in [6.07, 6.45) is -1.80. The van der Waals surface area contributed by atoms with Crippen LogP contribution in [0.5, 0.6) is 5.75 Å². The highest BCUT2D eigenvalue weighted by atomic mass is 31.2. The van der Waals surface area contributed by atoms with Gasteiger partial charge < -0.3 is 19.1 Å². The molecule has 2 heterocycles. The number of hydrogen-bond acceptors (Lipinski definition) is 9. The number of aliphatic hydroxyl groups is 1. The van der Waals surface area contributed by atoms with Gasteiger partial charge >= 0.3 is 19.4 Å². The quantitative estimate of drug-likeness (QED) is 0.228. The van der Waals surface area contributed by atoms with E-state index >= 15 is 0 Å². The van der Waals surface area contributed by atoms with Crippen molar-refractivity contribution < 1.29 is 37.4 Å². The number of esters is 1. The van der Waals surface area contributed by atoms with E-state index in [1.54, 1.807) is 24.3 Å². The monoisotopic (exact) mass is 577 g/mol. The minimum absolute atomic E-state index is 0.0110. The van der Waals surface area contributed by atoms with Gasteiger partial charge in [-0.25, -0.2) is 13.8 Å². The maximum Gasteiger partial charge on any atom is 0.459 e. The van der Waals surface area contributed by atoms with Crippen LogP contribution in [0.2, 0.25) is 0 Å². The molecule has 1 aliphatic rings. The van der Waals surface area contributed by atoms with E-state index in [-0.39, 0.29) is 24.3 Å². The molecule has 0 radical (unpaired) electrons. The summed E-state index contributed by atoms with van der Waals surface area (Å²) in [5, 5.41) is 13.0. The Balaban J connectivity index is 1.45.